The number of rotatable bonds is 20. The minimum Gasteiger partial charge on any atom is -0.375 e. The summed E-state index contributed by atoms with van der Waals surface area (Å²) in [6.45, 7) is 20.1. The van der Waals surface area contributed by atoms with Gasteiger partial charge in [0.05, 0.1) is 59.3 Å². The molecule has 0 aliphatic rings. The van der Waals surface area contributed by atoms with Crippen LogP contribution in [0.15, 0.2) is 72.9 Å². The van der Waals surface area contributed by atoms with E-state index >= 15 is 0 Å². The molecule has 2 unspecified atom stereocenters. The van der Waals surface area contributed by atoms with E-state index in [-0.39, 0.29) is 46.1 Å². The Hall–Kier alpha value is -2.72. The Morgan fingerprint density at radius 1 is 0.656 bits per heavy atom. The summed E-state index contributed by atoms with van der Waals surface area (Å²) in [5, 5.41) is 0. The molecule has 0 bridgehead atoms. The highest BCUT2D eigenvalue weighted by Crippen LogP contribution is 2.02. The fourth-order valence-corrected chi connectivity index (χ4v) is 2.87. The number of hydrogen-bond donors (Lipinski definition) is 0. The zero-order valence-electron chi connectivity index (χ0n) is 18.7. The molecular formula is C23H35N3O6. The van der Waals surface area contributed by atoms with Crippen LogP contribution >= 0.6 is 0 Å². The molecule has 9 nitrogen and oxygen atoms in total. The summed E-state index contributed by atoms with van der Waals surface area (Å²) >= 11 is 0. The Bertz CT molecular complexity index is 787. The van der Waals surface area contributed by atoms with Crippen LogP contribution in [0, 0.1) is 0 Å². The van der Waals surface area contributed by atoms with Gasteiger partial charge in [-0.15, -0.1) is 32.9 Å². The van der Waals surface area contributed by atoms with Gasteiger partial charge in [-0.1, -0.05) is 30.4 Å². The second-order valence-corrected chi connectivity index (χ2v) is 6.77. The maximum absolute atomic E-state index is 13.0. The smallest absolute Gasteiger partial charge is 0.347 e. The van der Waals surface area contributed by atoms with E-state index in [0.29, 0.717) is 13.2 Å². The van der Waals surface area contributed by atoms with Gasteiger partial charge >= 0.3 is 11.4 Å². The minimum atomic E-state index is -0.486. The van der Waals surface area contributed by atoms with Gasteiger partial charge in [0.15, 0.2) is 0 Å². The lowest BCUT2D eigenvalue weighted by Crippen LogP contribution is -2.38. The van der Waals surface area contributed by atoms with Gasteiger partial charge in [0.2, 0.25) is 0 Å². The van der Waals surface area contributed by atoms with Gasteiger partial charge < -0.3 is 18.9 Å². The number of hydrogen-bond acceptors (Lipinski definition) is 6. The first-order valence-corrected chi connectivity index (χ1v) is 10.4. The van der Waals surface area contributed by atoms with Gasteiger partial charge in [-0.3, -0.25) is 0 Å². The van der Waals surface area contributed by atoms with Crippen LogP contribution in [0.4, 0.5) is 0 Å². The lowest BCUT2D eigenvalue weighted by Gasteiger charge is -2.21. The summed E-state index contributed by atoms with van der Waals surface area (Å²) in [6, 6.07) is 0. The standard InChI is InChI=1S/C23H35N3O6/c1-6-11-24-22(27)25(16-20(31-14-9-4)18-29-12-7-2)26(23(24)28)17-21(32-15-10-5)19-30-13-8-3/h6-10,20-21H,1-5,11-19H2. The summed E-state index contributed by atoms with van der Waals surface area (Å²) < 4.78 is 26.3. The third-order valence-corrected chi connectivity index (χ3v) is 4.24. The molecular weight excluding hydrogens is 414 g/mol. The van der Waals surface area contributed by atoms with Gasteiger partial charge in [0, 0.05) is 0 Å². The van der Waals surface area contributed by atoms with Crippen molar-refractivity contribution in [3.05, 3.63) is 84.2 Å². The molecule has 1 rings (SSSR count). The normalized spacial score (nSPS) is 12.8. The highest BCUT2D eigenvalue weighted by molar-refractivity contribution is 4.82. The maximum Gasteiger partial charge on any atom is 0.347 e. The molecule has 0 saturated carbocycles. The lowest BCUT2D eigenvalue weighted by atomic mass is 10.3. The molecule has 0 aromatic carbocycles. The van der Waals surface area contributed by atoms with Crippen LogP contribution in [-0.4, -0.2) is 65.8 Å². The Morgan fingerprint density at radius 3 is 1.41 bits per heavy atom. The van der Waals surface area contributed by atoms with Crippen molar-refractivity contribution in [2.75, 3.05) is 39.6 Å². The Kier molecular flexibility index (Phi) is 13.6. The van der Waals surface area contributed by atoms with E-state index in [4.69, 9.17) is 18.9 Å². The van der Waals surface area contributed by atoms with Crippen LogP contribution in [-0.2, 0) is 38.6 Å². The van der Waals surface area contributed by atoms with Gasteiger partial charge in [0.25, 0.3) is 0 Å². The molecule has 0 aliphatic carbocycles. The summed E-state index contributed by atoms with van der Waals surface area (Å²) in [5.74, 6) is 0. The van der Waals surface area contributed by atoms with Crippen molar-refractivity contribution in [3.8, 4) is 0 Å². The Labute approximate surface area is 189 Å². The van der Waals surface area contributed by atoms with E-state index in [1.54, 1.807) is 24.3 Å². The molecule has 0 aliphatic heterocycles. The number of allylic oxidation sites excluding steroid dienone is 1. The second-order valence-electron chi connectivity index (χ2n) is 6.77. The van der Waals surface area contributed by atoms with E-state index in [2.05, 4.69) is 32.9 Å². The third kappa shape index (κ3) is 8.80. The molecule has 178 valence electrons. The van der Waals surface area contributed by atoms with Crippen LogP contribution in [0.2, 0.25) is 0 Å². The van der Waals surface area contributed by atoms with E-state index in [1.165, 1.54) is 15.4 Å². The Balaban J connectivity index is 3.26. The molecule has 0 spiro atoms. The Morgan fingerprint density at radius 2 is 1.06 bits per heavy atom. The monoisotopic (exact) mass is 449 g/mol. The van der Waals surface area contributed by atoms with E-state index in [9.17, 15) is 9.59 Å². The second kappa shape index (κ2) is 16.0. The highest BCUT2D eigenvalue weighted by Gasteiger charge is 2.22. The molecule has 0 amide bonds. The highest BCUT2D eigenvalue weighted by atomic mass is 16.5. The largest absolute Gasteiger partial charge is 0.375 e. The van der Waals surface area contributed by atoms with Crippen molar-refractivity contribution < 1.29 is 18.9 Å². The SMILES string of the molecule is C=CCOCC(Cn1c(=O)n(CC=C)c(=O)n1CC(COCC=C)OCC=C)OCC=C. The van der Waals surface area contributed by atoms with E-state index in [0.717, 1.165) is 4.57 Å². The summed E-state index contributed by atoms with van der Waals surface area (Å²) in [7, 11) is 0. The first kappa shape index (κ1) is 27.3. The van der Waals surface area contributed by atoms with Crippen molar-refractivity contribution in [1.29, 1.82) is 0 Å². The van der Waals surface area contributed by atoms with Crippen molar-refractivity contribution in [3.63, 3.8) is 0 Å². The minimum absolute atomic E-state index is 0.0843. The predicted molar refractivity (Wildman–Crippen MR) is 125 cm³/mol. The fraction of sp³-hybridized carbons (Fsp3) is 0.478. The average Bonchev–Trinajstić information content (AvgIpc) is 3.00. The van der Waals surface area contributed by atoms with Crippen molar-refractivity contribution in [2.24, 2.45) is 0 Å². The van der Waals surface area contributed by atoms with E-state index < -0.39 is 23.6 Å². The zero-order chi connectivity index (χ0) is 23.8. The van der Waals surface area contributed by atoms with Gasteiger partial charge in [-0.05, 0) is 0 Å². The summed E-state index contributed by atoms with van der Waals surface area (Å²) in [6.07, 6.45) is 6.98. The molecule has 9 heteroatoms. The van der Waals surface area contributed by atoms with Crippen molar-refractivity contribution in [2.45, 2.75) is 31.8 Å². The number of ether oxygens (including phenoxy) is 4. The molecule has 0 fully saturated rings. The van der Waals surface area contributed by atoms with Crippen LogP contribution in [0.3, 0.4) is 0 Å². The summed E-state index contributed by atoms with van der Waals surface area (Å²) in [5.41, 5.74) is -0.944. The van der Waals surface area contributed by atoms with Crippen molar-refractivity contribution in [1.82, 2.24) is 13.9 Å². The maximum atomic E-state index is 13.0. The summed E-state index contributed by atoms with van der Waals surface area (Å²) in [4.78, 5) is 26.0. The molecule has 1 aromatic rings. The molecule has 1 aromatic heterocycles. The molecule has 1 heterocycles. The van der Waals surface area contributed by atoms with Gasteiger partial charge in [0.1, 0.15) is 12.2 Å². The van der Waals surface area contributed by atoms with E-state index in [1.807, 2.05) is 0 Å². The first-order chi connectivity index (χ1) is 15.5. The quantitative estimate of drug-likeness (QED) is 0.222. The third-order valence-electron chi connectivity index (χ3n) is 4.24. The first-order valence-electron chi connectivity index (χ1n) is 10.4. The van der Waals surface area contributed by atoms with Crippen LogP contribution < -0.4 is 11.4 Å². The number of aromatic nitrogens is 3. The average molecular weight is 450 g/mol. The molecule has 0 radical (unpaired) electrons. The van der Waals surface area contributed by atoms with Crippen LogP contribution in [0.25, 0.3) is 0 Å². The van der Waals surface area contributed by atoms with Gasteiger partial charge in [-0.2, -0.15) is 0 Å². The molecule has 0 N–H and O–H groups in total. The van der Waals surface area contributed by atoms with Crippen LogP contribution in [0.1, 0.15) is 0 Å². The number of nitrogens with zero attached hydrogens (tertiary/aromatic N) is 3. The molecule has 32 heavy (non-hydrogen) atoms. The van der Waals surface area contributed by atoms with Crippen molar-refractivity contribution >= 4 is 0 Å². The lowest BCUT2D eigenvalue weighted by molar-refractivity contribution is -0.0222. The molecule has 0 saturated heterocycles. The van der Waals surface area contributed by atoms with Crippen LogP contribution in [0.5, 0.6) is 0 Å². The zero-order valence-corrected chi connectivity index (χ0v) is 18.7. The molecule has 2 atom stereocenters. The fourth-order valence-electron chi connectivity index (χ4n) is 2.87. The topological polar surface area (TPSA) is 85.9 Å². The predicted octanol–water partition coefficient (Wildman–Crippen LogP) is 1.55. The van der Waals surface area contributed by atoms with Gasteiger partial charge in [-0.25, -0.2) is 23.5 Å².